The fourth-order valence-electron chi connectivity index (χ4n) is 1.87. The lowest BCUT2D eigenvalue weighted by Gasteiger charge is -2.11. The summed E-state index contributed by atoms with van der Waals surface area (Å²) < 4.78 is 16.1. The fourth-order valence-corrected chi connectivity index (χ4v) is 1.87. The highest BCUT2D eigenvalue weighted by Gasteiger charge is 2.05. The SMILES string of the molecule is COc1ccc(COc2ccc(C(=N)N)cc2)cc1OC. The molecule has 0 aliphatic rings. The van der Waals surface area contributed by atoms with Crippen LogP contribution in [0.25, 0.3) is 0 Å². The van der Waals surface area contributed by atoms with Crippen LogP contribution in [-0.4, -0.2) is 20.1 Å². The van der Waals surface area contributed by atoms with Gasteiger partial charge in [-0.1, -0.05) is 6.07 Å². The van der Waals surface area contributed by atoms with Crippen molar-refractivity contribution in [3.05, 3.63) is 53.6 Å². The molecule has 0 fully saturated rings. The van der Waals surface area contributed by atoms with Gasteiger partial charge in [0.25, 0.3) is 0 Å². The molecule has 2 aromatic rings. The molecule has 5 heteroatoms. The summed E-state index contributed by atoms with van der Waals surface area (Å²) in [6, 6.07) is 12.7. The third-order valence-electron chi connectivity index (χ3n) is 3.02. The smallest absolute Gasteiger partial charge is 0.161 e. The van der Waals surface area contributed by atoms with Crippen molar-refractivity contribution in [3.8, 4) is 17.2 Å². The molecule has 0 atom stereocenters. The first kappa shape index (κ1) is 14.7. The summed E-state index contributed by atoms with van der Waals surface area (Å²) in [6.45, 7) is 0.416. The molecule has 2 aromatic carbocycles. The molecule has 0 radical (unpaired) electrons. The van der Waals surface area contributed by atoms with Gasteiger partial charge in [-0.3, -0.25) is 5.41 Å². The first-order valence-electron chi connectivity index (χ1n) is 6.42. The summed E-state index contributed by atoms with van der Waals surface area (Å²) in [5.74, 6) is 2.12. The normalized spacial score (nSPS) is 10.0. The number of methoxy groups -OCH3 is 2. The first-order chi connectivity index (χ1) is 10.1. The number of rotatable bonds is 6. The largest absolute Gasteiger partial charge is 0.493 e. The van der Waals surface area contributed by atoms with Gasteiger partial charge in [-0.25, -0.2) is 0 Å². The Kier molecular flexibility index (Phi) is 4.66. The highest BCUT2D eigenvalue weighted by atomic mass is 16.5. The number of amidine groups is 1. The molecule has 3 N–H and O–H groups in total. The summed E-state index contributed by atoms with van der Waals surface area (Å²) >= 11 is 0. The molecule has 0 spiro atoms. The third kappa shape index (κ3) is 3.66. The Hall–Kier alpha value is -2.69. The number of nitrogen functional groups attached to an aromatic ring is 1. The maximum absolute atomic E-state index is 7.34. The van der Waals surface area contributed by atoms with Gasteiger partial charge >= 0.3 is 0 Å². The maximum atomic E-state index is 7.34. The van der Waals surface area contributed by atoms with Gasteiger partial charge < -0.3 is 19.9 Å². The third-order valence-corrected chi connectivity index (χ3v) is 3.02. The number of hydrogen-bond acceptors (Lipinski definition) is 4. The van der Waals surface area contributed by atoms with Gasteiger partial charge in [-0.2, -0.15) is 0 Å². The molecule has 110 valence electrons. The highest BCUT2D eigenvalue weighted by Crippen LogP contribution is 2.28. The second kappa shape index (κ2) is 6.65. The number of nitrogens with two attached hydrogens (primary N) is 1. The van der Waals surface area contributed by atoms with E-state index in [0.717, 1.165) is 11.3 Å². The number of hydrogen-bond donors (Lipinski definition) is 2. The average molecular weight is 286 g/mol. The van der Waals surface area contributed by atoms with Crippen LogP contribution < -0.4 is 19.9 Å². The van der Waals surface area contributed by atoms with Crippen molar-refractivity contribution in [2.75, 3.05) is 14.2 Å². The van der Waals surface area contributed by atoms with Gasteiger partial charge in [0.05, 0.1) is 14.2 Å². The van der Waals surface area contributed by atoms with E-state index < -0.39 is 0 Å². The van der Waals surface area contributed by atoms with Gasteiger partial charge in [-0.05, 0) is 42.0 Å². The quantitative estimate of drug-likeness (QED) is 0.632. The molecule has 0 unspecified atom stereocenters. The summed E-state index contributed by atoms with van der Waals surface area (Å²) in [4.78, 5) is 0. The Bertz CT molecular complexity index is 624. The lowest BCUT2D eigenvalue weighted by molar-refractivity contribution is 0.304. The zero-order valence-electron chi connectivity index (χ0n) is 12.1. The van der Waals surface area contributed by atoms with Crippen LogP contribution in [-0.2, 0) is 6.61 Å². The molecule has 0 aliphatic carbocycles. The number of ether oxygens (including phenoxy) is 3. The van der Waals surface area contributed by atoms with E-state index >= 15 is 0 Å². The molecule has 21 heavy (non-hydrogen) atoms. The first-order valence-corrected chi connectivity index (χ1v) is 6.42. The molecule has 0 amide bonds. The Morgan fingerprint density at radius 1 is 1.00 bits per heavy atom. The molecule has 0 bridgehead atoms. The minimum absolute atomic E-state index is 0.0430. The van der Waals surface area contributed by atoms with Crippen LogP contribution in [0.2, 0.25) is 0 Å². The fraction of sp³-hybridized carbons (Fsp3) is 0.188. The second-order valence-corrected chi connectivity index (χ2v) is 4.42. The molecule has 0 heterocycles. The molecule has 0 saturated heterocycles. The van der Waals surface area contributed by atoms with Crippen LogP contribution in [0.4, 0.5) is 0 Å². The van der Waals surface area contributed by atoms with Crippen LogP contribution in [0, 0.1) is 5.41 Å². The predicted molar refractivity (Wildman–Crippen MR) is 81.3 cm³/mol. The van der Waals surface area contributed by atoms with Crippen molar-refractivity contribution in [1.29, 1.82) is 5.41 Å². The van der Waals surface area contributed by atoms with Crippen molar-refractivity contribution in [1.82, 2.24) is 0 Å². The lowest BCUT2D eigenvalue weighted by atomic mass is 10.2. The van der Waals surface area contributed by atoms with E-state index in [4.69, 9.17) is 25.4 Å². The van der Waals surface area contributed by atoms with Gasteiger partial charge in [-0.15, -0.1) is 0 Å². The van der Waals surface area contributed by atoms with E-state index in [2.05, 4.69) is 0 Å². The van der Waals surface area contributed by atoms with Crippen LogP contribution in [0.3, 0.4) is 0 Å². The molecule has 5 nitrogen and oxygen atoms in total. The van der Waals surface area contributed by atoms with Gasteiger partial charge in [0, 0.05) is 5.56 Å². The molecular weight excluding hydrogens is 268 g/mol. The van der Waals surface area contributed by atoms with E-state index in [1.807, 2.05) is 18.2 Å². The molecule has 2 rings (SSSR count). The number of benzene rings is 2. The molecule has 0 aliphatic heterocycles. The zero-order chi connectivity index (χ0) is 15.2. The van der Waals surface area contributed by atoms with Crippen LogP contribution in [0.1, 0.15) is 11.1 Å². The van der Waals surface area contributed by atoms with Crippen molar-refractivity contribution < 1.29 is 14.2 Å². The topological polar surface area (TPSA) is 77.6 Å². The standard InChI is InChI=1S/C16H18N2O3/c1-19-14-8-3-11(9-15(14)20-2)10-21-13-6-4-12(5-7-13)16(17)18/h3-9H,10H2,1-2H3,(H3,17,18). The molecule has 0 aromatic heterocycles. The zero-order valence-corrected chi connectivity index (χ0v) is 12.1. The highest BCUT2D eigenvalue weighted by molar-refractivity contribution is 5.94. The van der Waals surface area contributed by atoms with Crippen molar-refractivity contribution >= 4 is 5.84 Å². The Morgan fingerprint density at radius 3 is 2.24 bits per heavy atom. The summed E-state index contributed by atoms with van der Waals surface area (Å²) in [6.07, 6.45) is 0. The summed E-state index contributed by atoms with van der Waals surface area (Å²) in [5, 5.41) is 7.34. The van der Waals surface area contributed by atoms with E-state index in [-0.39, 0.29) is 5.84 Å². The van der Waals surface area contributed by atoms with Crippen molar-refractivity contribution in [2.45, 2.75) is 6.61 Å². The Balaban J connectivity index is 2.04. The van der Waals surface area contributed by atoms with Crippen molar-refractivity contribution in [3.63, 3.8) is 0 Å². The molecule has 0 saturated carbocycles. The predicted octanol–water partition coefficient (Wildman–Crippen LogP) is 2.57. The van der Waals surface area contributed by atoms with E-state index in [9.17, 15) is 0 Å². The summed E-state index contributed by atoms with van der Waals surface area (Å²) in [7, 11) is 3.20. The van der Waals surface area contributed by atoms with Crippen LogP contribution in [0.5, 0.6) is 17.2 Å². The van der Waals surface area contributed by atoms with Crippen molar-refractivity contribution in [2.24, 2.45) is 5.73 Å². The van der Waals surface area contributed by atoms with Crippen LogP contribution >= 0.6 is 0 Å². The Morgan fingerprint density at radius 2 is 1.67 bits per heavy atom. The minimum atomic E-state index is 0.0430. The average Bonchev–Trinajstić information content (AvgIpc) is 2.52. The van der Waals surface area contributed by atoms with E-state index in [1.54, 1.807) is 38.5 Å². The monoisotopic (exact) mass is 286 g/mol. The number of nitrogens with one attached hydrogen (secondary N) is 1. The van der Waals surface area contributed by atoms with E-state index in [0.29, 0.717) is 23.7 Å². The second-order valence-electron chi connectivity index (χ2n) is 4.42. The van der Waals surface area contributed by atoms with Gasteiger partial charge in [0.2, 0.25) is 0 Å². The van der Waals surface area contributed by atoms with Crippen LogP contribution in [0.15, 0.2) is 42.5 Å². The minimum Gasteiger partial charge on any atom is -0.493 e. The van der Waals surface area contributed by atoms with Gasteiger partial charge in [0.1, 0.15) is 18.2 Å². The summed E-state index contributed by atoms with van der Waals surface area (Å²) in [5.41, 5.74) is 7.05. The lowest BCUT2D eigenvalue weighted by Crippen LogP contribution is -2.10. The maximum Gasteiger partial charge on any atom is 0.161 e. The van der Waals surface area contributed by atoms with Gasteiger partial charge in [0.15, 0.2) is 11.5 Å². The Labute approximate surface area is 123 Å². The molecular formula is C16H18N2O3. The van der Waals surface area contributed by atoms with E-state index in [1.165, 1.54) is 0 Å².